The van der Waals surface area contributed by atoms with Crippen LogP contribution in [-0.4, -0.2) is 35.9 Å². The van der Waals surface area contributed by atoms with E-state index in [4.69, 9.17) is 4.74 Å². The molecule has 1 aliphatic carbocycles. The molecule has 1 aliphatic rings. The number of carbonyl (C=O) groups is 2. The van der Waals surface area contributed by atoms with Crippen molar-refractivity contribution in [3.05, 3.63) is 102 Å². The van der Waals surface area contributed by atoms with E-state index >= 15 is 0 Å². The molecule has 0 aliphatic heterocycles. The van der Waals surface area contributed by atoms with Crippen LogP contribution in [0.1, 0.15) is 74.5 Å². The van der Waals surface area contributed by atoms with Gasteiger partial charge in [0.1, 0.15) is 11.8 Å². The van der Waals surface area contributed by atoms with Crippen LogP contribution < -0.4 is 10.1 Å². The zero-order chi connectivity index (χ0) is 26.7. The molecule has 0 aromatic heterocycles. The zero-order valence-corrected chi connectivity index (χ0v) is 22.6. The van der Waals surface area contributed by atoms with Crippen molar-refractivity contribution in [1.29, 1.82) is 0 Å². The number of rotatable bonds is 11. The van der Waals surface area contributed by atoms with Crippen LogP contribution in [0.15, 0.2) is 84.9 Å². The second kappa shape index (κ2) is 13.8. The van der Waals surface area contributed by atoms with E-state index in [0.29, 0.717) is 13.0 Å². The number of benzene rings is 3. The summed E-state index contributed by atoms with van der Waals surface area (Å²) in [5.74, 6) is 0.556. The summed E-state index contributed by atoms with van der Waals surface area (Å²) in [7, 11) is 1.64. The van der Waals surface area contributed by atoms with Crippen LogP contribution in [0.4, 0.5) is 0 Å². The van der Waals surface area contributed by atoms with Crippen molar-refractivity contribution < 1.29 is 14.3 Å². The zero-order valence-electron chi connectivity index (χ0n) is 22.6. The minimum absolute atomic E-state index is 0.0313. The van der Waals surface area contributed by atoms with Gasteiger partial charge in [-0.1, -0.05) is 99.0 Å². The van der Waals surface area contributed by atoms with Crippen LogP contribution in [-0.2, 0) is 16.1 Å². The van der Waals surface area contributed by atoms with Crippen LogP contribution in [0.5, 0.6) is 5.75 Å². The van der Waals surface area contributed by atoms with E-state index in [2.05, 4.69) is 29.6 Å². The fourth-order valence-electron chi connectivity index (χ4n) is 5.52. The van der Waals surface area contributed by atoms with E-state index in [1.165, 1.54) is 6.42 Å². The highest BCUT2D eigenvalue weighted by Crippen LogP contribution is 2.30. The molecule has 200 valence electrons. The highest BCUT2D eigenvalue weighted by atomic mass is 16.5. The molecule has 3 aromatic carbocycles. The first kappa shape index (κ1) is 27.4. The van der Waals surface area contributed by atoms with E-state index in [1.807, 2.05) is 67.6 Å². The van der Waals surface area contributed by atoms with Gasteiger partial charge in [0.25, 0.3) is 0 Å². The number of ether oxygens (including phenoxy) is 1. The first-order valence-electron chi connectivity index (χ1n) is 13.9. The Kier molecular flexibility index (Phi) is 9.97. The Labute approximate surface area is 227 Å². The van der Waals surface area contributed by atoms with Crippen LogP contribution >= 0.6 is 0 Å². The van der Waals surface area contributed by atoms with Gasteiger partial charge in [-0.15, -0.1) is 0 Å². The second-order valence-electron chi connectivity index (χ2n) is 10.2. The molecule has 1 saturated carbocycles. The third-order valence-corrected chi connectivity index (χ3v) is 7.61. The lowest BCUT2D eigenvalue weighted by Gasteiger charge is -2.34. The molecule has 38 heavy (non-hydrogen) atoms. The van der Waals surface area contributed by atoms with Crippen LogP contribution in [0.25, 0.3) is 0 Å². The number of carbonyl (C=O) groups excluding carboxylic acids is 2. The summed E-state index contributed by atoms with van der Waals surface area (Å²) in [6.07, 6.45) is 6.37. The summed E-state index contributed by atoms with van der Waals surface area (Å²) in [6.45, 7) is 2.34. The molecular formula is C33H40N2O3. The third-order valence-electron chi connectivity index (χ3n) is 7.61. The quantitative estimate of drug-likeness (QED) is 0.320. The topological polar surface area (TPSA) is 58.6 Å². The minimum Gasteiger partial charge on any atom is -0.497 e. The lowest BCUT2D eigenvalue weighted by molar-refractivity contribution is -0.142. The first-order valence-corrected chi connectivity index (χ1v) is 13.9. The minimum atomic E-state index is -0.539. The van der Waals surface area contributed by atoms with Crippen molar-refractivity contribution in [3.63, 3.8) is 0 Å². The predicted molar refractivity (Wildman–Crippen MR) is 152 cm³/mol. The predicted octanol–water partition coefficient (Wildman–Crippen LogP) is 6.47. The Balaban J connectivity index is 1.63. The van der Waals surface area contributed by atoms with Crippen molar-refractivity contribution in [1.82, 2.24) is 10.2 Å². The van der Waals surface area contributed by atoms with Gasteiger partial charge < -0.3 is 15.0 Å². The van der Waals surface area contributed by atoms with Gasteiger partial charge in [0.2, 0.25) is 11.8 Å². The molecule has 5 heteroatoms. The molecule has 0 bridgehead atoms. The van der Waals surface area contributed by atoms with E-state index < -0.39 is 6.04 Å². The van der Waals surface area contributed by atoms with Gasteiger partial charge in [0.05, 0.1) is 7.11 Å². The smallest absolute Gasteiger partial charge is 0.243 e. The average Bonchev–Trinajstić information content (AvgIpc) is 2.97. The second-order valence-corrected chi connectivity index (χ2v) is 10.2. The molecule has 1 unspecified atom stereocenters. The maximum absolute atomic E-state index is 14.2. The van der Waals surface area contributed by atoms with Crippen LogP contribution in [0.2, 0.25) is 0 Å². The highest BCUT2D eigenvalue weighted by Gasteiger charge is 2.32. The summed E-state index contributed by atoms with van der Waals surface area (Å²) >= 11 is 0. The number of hydrogen-bond acceptors (Lipinski definition) is 3. The first-order chi connectivity index (χ1) is 18.6. The molecule has 1 fully saturated rings. The van der Waals surface area contributed by atoms with E-state index in [-0.39, 0.29) is 30.2 Å². The van der Waals surface area contributed by atoms with Crippen molar-refractivity contribution in [2.24, 2.45) is 0 Å². The SMILES string of the molecule is CCC(C(=O)NC1CCCCC1)N(Cc1cccc(OC)c1)C(=O)CC(c1ccccc1)c1ccccc1. The molecule has 0 radical (unpaired) electrons. The van der Waals surface area contributed by atoms with E-state index in [1.54, 1.807) is 12.0 Å². The molecule has 3 aromatic rings. The lowest BCUT2D eigenvalue weighted by Crippen LogP contribution is -2.51. The van der Waals surface area contributed by atoms with Crippen LogP contribution in [0, 0.1) is 0 Å². The normalized spacial score (nSPS) is 14.6. The van der Waals surface area contributed by atoms with Gasteiger partial charge in [-0.3, -0.25) is 9.59 Å². The molecular weight excluding hydrogens is 472 g/mol. The Morgan fingerprint density at radius 2 is 1.53 bits per heavy atom. The maximum atomic E-state index is 14.2. The molecule has 2 amide bonds. The molecule has 0 spiro atoms. The standard InChI is InChI=1S/C33H40N2O3/c1-3-31(33(37)34-28-19-11-6-12-20-28)35(24-25-14-13-21-29(22-25)38-2)32(36)23-30(26-15-7-4-8-16-26)27-17-9-5-10-18-27/h4-5,7-10,13-18,21-22,28,30-31H,3,6,11-12,19-20,23-24H2,1-2H3,(H,34,37). The van der Waals surface area contributed by atoms with E-state index in [9.17, 15) is 9.59 Å². The fourth-order valence-corrected chi connectivity index (χ4v) is 5.52. The van der Waals surface area contributed by atoms with Gasteiger partial charge in [-0.05, 0) is 48.1 Å². The average molecular weight is 513 g/mol. The summed E-state index contributed by atoms with van der Waals surface area (Å²) in [4.78, 5) is 29.6. The number of amides is 2. The Hall–Kier alpha value is -3.60. The molecule has 1 atom stereocenters. The number of methoxy groups -OCH3 is 1. The summed E-state index contributed by atoms with van der Waals surface area (Å²) in [5.41, 5.74) is 3.12. The number of hydrogen-bond donors (Lipinski definition) is 1. The third kappa shape index (κ3) is 7.25. The van der Waals surface area contributed by atoms with Gasteiger partial charge in [0.15, 0.2) is 0 Å². The van der Waals surface area contributed by atoms with E-state index in [0.717, 1.165) is 48.1 Å². The largest absolute Gasteiger partial charge is 0.497 e. The Morgan fingerprint density at radius 1 is 0.895 bits per heavy atom. The number of nitrogens with one attached hydrogen (secondary N) is 1. The lowest BCUT2D eigenvalue weighted by atomic mass is 9.88. The highest BCUT2D eigenvalue weighted by molar-refractivity contribution is 5.88. The molecule has 0 saturated heterocycles. The van der Waals surface area contributed by atoms with Gasteiger partial charge in [-0.2, -0.15) is 0 Å². The maximum Gasteiger partial charge on any atom is 0.243 e. The van der Waals surface area contributed by atoms with Crippen molar-refractivity contribution in [3.8, 4) is 5.75 Å². The molecule has 1 N–H and O–H groups in total. The van der Waals surface area contributed by atoms with Gasteiger partial charge >= 0.3 is 0 Å². The summed E-state index contributed by atoms with van der Waals surface area (Å²) < 4.78 is 5.43. The molecule has 0 heterocycles. The summed E-state index contributed by atoms with van der Waals surface area (Å²) in [5, 5.41) is 3.27. The summed E-state index contributed by atoms with van der Waals surface area (Å²) in [6, 6.07) is 27.7. The van der Waals surface area contributed by atoms with Gasteiger partial charge in [-0.25, -0.2) is 0 Å². The monoisotopic (exact) mass is 512 g/mol. The van der Waals surface area contributed by atoms with Gasteiger partial charge in [0, 0.05) is 24.9 Å². The van der Waals surface area contributed by atoms with Crippen molar-refractivity contribution in [2.75, 3.05) is 7.11 Å². The Morgan fingerprint density at radius 3 is 2.11 bits per heavy atom. The van der Waals surface area contributed by atoms with Crippen molar-refractivity contribution >= 4 is 11.8 Å². The molecule has 4 rings (SSSR count). The molecule has 5 nitrogen and oxygen atoms in total. The Bertz CT molecular complexity index is 1120. The van der Waals surface area contributed by atoms with Crippen LogP contribution in [0.3, 0.4) is 0 Å². The van der Waals surface area contributed by atoms with Crippen molar-refractivity contribution in [2.45, 2.75) is 76.4 Å². The fraction of sp³-hybridized carbons (Fsp3) is 0.394. The number of nitrogens with zero attached hydrogens (tertiary/aromatic N) is 1.